The molecule has 1 aliphatic rings. The van der Waals surface area contributed by atoms with Crippen LogP contribution in [0.2, 0.25) is 0 Å². The lowest BCUT2D eigenvalue weighted by Crippen LogP contribution is -2.42. The second-order valence-corrected chi connectivity index (χ2v) is 8.47. The number of likely N-dealkylation sites (tertiary alicyclic amines) is 1. The number of furan rings is 1. The standard InChI is InChI=1S/C23H22FNO6S/c1-2-29-23(28)20-15(19-16(24)7-3-9-18(19)32-20)13-31-22(27)14-6-4-10-25(12-14)21(26)17-8-5-11-30-17/h3,5,7-9,11,14H,2,4,6,10,12-13H2,1H3/t14-/m1/s1. The maximum Gasteiger partial charge on any atom is 0.348 e. The molecule has 9 heteroatoms. The molecule has 1 saturated heterocycles. The van der Waals surface area contributed by atoms with Crippen LogP contribution in [0.3, 0.4) is 0 Å². The van der Waals surface area contributed by atoms with E-state index in [1.807, 2.05) is 0 Å². The van der Waals surface area contributed by atoms with Gasteiger partial charge in [0.15, 0.2) is 5.76 Å². The average molecular weight is 459 g/mol. The Balaban J connectivity index is 1.49. The fourth-order valence-corrected chi connectivity index (χ4v) is 4.95. The SMILES string of the molecule is CCOC(=O)c1sc2cccc(F)c2c1COC(=O)[C@@H]1CCCN(C(=O)c2ccco2)C1. The third-order valence-electron chi connectivity index (χ3n) is 5.36. The van der Waals surface area contributed by atoms with Crippen LogP contribution < -0.4 is 0 Å². The summed E-state index contributed by atoms with van der Waals surface area (Å²) >= 11 is 1.11. The zero-order valence-corrected chi connectivity index (χ0v) is 18.3. The van der Waals surface area contributed by atoms with E-state index >= 15 is 0 Å². The number of rotatable bonds is 6. The van der Waals surface area contributed by atoms with Gasteiger partial charge in [-0.25, -0.2) is 9.18 Å². The highest BCUT2D eigenvalue weighted by Crippen LogP contribution is 2.34. The van der Waals surface area contributed by atoms with Crippen LogP contribution in [0, 0.1) is 11.7 Å². The maximum absolute atomic E-state index is 14.5. The molecule has 3 aromatic rings. The van der Waals surface area contributed by atoms with Crippen molar-refractivity contribution in [3.63, 3.8) is 0 Å². The fraction of sp³-hybridized carbons (Fsp3) is 0.348. The first-order valence-corrected chi connectivity index (χ1v) is 11.2. The van der Waals surface area contributed by atoms with Gasteiger partial charge in [-0.2, -0.15) is 0 Å². The van der Waals surface area contributed by atoms with Crippen LogP contribution in [0.25, 0.3) is 10.1 Å². The number of carbonyl (C=O) groups excluding carboxylic acids is 3. The van der Waals surface area contributed by atoms with Crippen LogP contribution >= 0.6 is 11.3 Å². The minimum atomic E-state index is -0.577. The molecule has 0 N–H and O–H groups in total. The topological polar surface area (TPSA) is 86.0 Å². The largest absolute Gasteiger partial charge is 0.462 e. The minimum absolute atomic E-state index is 0.177. The van der Waals surface area contributed by atoms with E-state index in [0.29, 0.717) is 29.6 Å². The lowest BCUT2D eigenvalue weighted by molar-refractivity contribution is -0.151. The Morgan fingerprint density at radius 2 is 2.06 bits per heavy atom. The summed E-state index contributed by atoms with van der Waals surface area (Å²) in [5.41, 5.74) is 0.300. The van der Waals surface area contributed by atoms with Gasteiger partial charge in [-0.15, -0.1) is 11.3 Å². The number of esters is 2. The molecule has 0 unspecified atom stereocenters. The van der Waals surface area contributed by atoms with Crippen LogP contribution in [0.1, 0.15) is 45.6 Å². The zero-order chi connectivity index (χ0) is 22.7. The lowest BCUT2D eigenvalue weighted by atomic mass is 9.98. The van der Waals surface area contributed by atoms with Gasteiger partial charge in [-0.05, 0) is 44.0 Å². The molecule has 7 nitrogen and oxygen atoms in total. The number of carbonyl (C=O) groups is 3. The van der Waals surface area contributed by atoms with Crippen molar-refractivity contribution in [3.05, 3.63) is 58.6 Å². The summed E-state index contributed by atoms with van der Waals surface area (Å²) in [6.45, 7) is 2.34. The first-order valence-electron chi connectivity index (χ1n) is 10.4. The summed E-state index contributed by atoms with van der Waals surface area (Å²) in [5, 5.41) is 0.256. The van der Waals surface area contributed by atoms with Crippen molar-refractivity contribution in [2.75, 3.05) is 19.7 Å². The second kappa shape index (κ2) is 9.52. The summed E-state index contributed by atoms with van der Waals surface area (Å²) < 4.78 is 30.9. The average Bonchev–Trinajstić information content (AvgIpc) is 3.46. The van der Waals surface area contributed by atoms with Crippen molar-refractivity contribution < 1.29 is 32.7 Å². The molecule has 0 bridgehead atoms. The van der Waals surface area contributed by atoms with Crippen LogP contribution in [0.15, 0.2) is 41.0 Å². The van der Waals surface area contributed by atoms with Gasteiger partial charge in [0.2, 0.25) is 0 Å². The Kier molecular flexibility index (Phi) is 6.55. The molecule has 1 aromatic carbocycles. The van der Waals surface area contributed by atoms with Gasteiger partial charge in [0.05, 0.1) is 18.8 Å². The fourth-order valence-electron chi connectivity index (χ4n) is 3.84. The second-order valence-electron chi connectivity index (χ2n) is 7.42. The first kappa shape index (κ1) is 22.0. The van der Waals surface area contributed by atoms with Gasteiger partial charge < -0.3 is 18.8 Å². The number of thiophene rings is 1. The third kappa shape index (κ3) is 4.38. The van der Waals surface area contributed by atoms with Crippen molar-refractivity contribution in [1.82, 2.24) is 4.90 Å². The van der Waals surface area contributed by atoms with Crippen molar-refractivity contribution in [2.24, 2.45) is 5.92 Å². The number of hydrogen-bond donors (Lipinski definition) is 0. The van der Waals surface area contributed by atoms with E-state index in [-0.39, 0.29) is 41.7 Å². The minimum Gasteiger partial charge on any atom is -0.462 e. The Labute approximate surface area is 187 Å². The predicted octanol–water partition coefficient (Wildman–Crippen LogP) is 4.41. The Morgan fingerprint density at radius 3 is 2.81 bits per heavy atom. The molecule has 32 heavy (non-hydrogen) atoms. The Hall–Kier alpha value is -3.20. The van der Waals surface area contributed by atoms with E-state index < -0.39 is 23.7 Å². The lowest BCUT2D eigenvalue weighted by Gasteiger charge is -2.31. The zero-order valence-electron chi connectivity index (χ0n) is 17.5. The van der Waals surface area contributed by atoms with E-state index in [9.17, 15) is 18.8 Å². The Morgan fingerprint density at radius 1 is 1.22 bits per heavy atom. The van der Waals surface area contributed by atoms with Crippen LogP contribution in [-0.4, -0.2) is 42.4 Å². The van der Waals surface area contributed by atoms with Crippen molar-refractivity contribution >= 4 is 39.3 Å². The molecule has 1 fully saturated rings. The van der Waals surface area contributed by atoms with E-state index in [1.54, 1.807) is 36.1 Å². The molecule has 0 aliphatic carbocycles. The number of halogens is 1. The monoisotopic (exact) mass is 459 g/mol. The summed E-state index contributed by atoms with van der Waals surface area (Å²) in [6, 6.07) is 7.78. The Bertz CT molecular complexity index is 1140. The van der Waals surface area contributed by atoms with Crippen LogP contribution in [0.5, 0.6) is 0 Å². The number of ether oxygens (including phenoxy) is 2. The number of fused-ring (bicyclic) bond motifs is 1. The maximum atomic E-state index is 14.5. The number of nitrogens with zero attached hydrogens (tertiary/aromatic N) is 1. The molecule has 168 valence electrons. The molecule has 1 amide bonds. The highest BCUT2D eigenvalue weighted by atomic mass is 32.1. The van der Waals surface area contributed by atoms with E-state index in [1.165, 1.54) is 12.3 Å². The first-order chi connectivity index (χ1) is 15.5. The summed E-state index contributed by atoms with van der Waals surface area (Å²) in [4.78, 5) is 39.5. The van der Waals surface area contributed by atoms with Gasteiger partial charge in [0.1, 0.15) is 17.3 Å². The highest BCUT2D eigenvalue weighted by molar-refractivity contribution is 7.21. The molecule has 3 heterocycles. The molecule has 0 saturated carbocycles. The van der Waals surface area contributed by atoms with Gasteiger partial charge in [0.25, 0.3) is 5.91 Å². The van der Waals surface area contributed by atoms with E-state index in [4.69, 9.17) is 13.9 Å². The van der Waals surface area contributed by atoms with E-state index in [0.717, 1.165) is 11.3 Å². The van der Waals surface area contributed by atoms with Crippen molar-refractivity contribution in [2.45, 2.75) is 26.4 Å². The summed E-state index contributed by atoms with van der Waals surface area (Å²) in [6.07, 6.45) is 2.65. The molecular weight excluding hydrogens is 437 g/mol. The molecule has 1 atom stereocenters. The van der Waals surface area contributed by atoms with Crippen molar-refractivity contribution in [3.8, 4) is 0 Å². The van der Waals surface area contributed by atoms with Gasteiger partial charge in [0, 0.05) is 28.7 Å². The normalized spacial score (nSPS) is 16.2. The van der Waals surface area contributed by atoms with Gasteiger partial charge >= 0.3 is 11.9 Å². The number of benzene rings is 1. The van der Waals surface area contributed by atoms with Gasteiger partial charge in [-0.1, -0.05) is 6.07 Å². The highest BCUT2D eigenvalue weighted by Gasteiger charge is 2.31. The summed E-state index contributed by atoms with van der Waals surface area (Å²) in [5.74, 6) is -2.13. The quantitative estimate of drug-likeness (QED) is 0.508. The van der Waals surface area contributed by atoms with Crippen LogP contribution in [0.4, 0.5) is 4.39 Å². The molecule has 0 spiro atoms. The number of piperidine rings is 1. The van der Waals surface area contributed by atoms with E-state index in [2.05, 4.69) is 0 Å². The molecule has 2 aromatic heterocycles. The molecule has 0 radical (unpaired) electrons. The molecule has 1 aliphatic heterocycles. The molecular formula is C23H22FNO6S. The third-order valence-corrected chi connectivity index (χ3v) is 6.53. The predicted molar refractivity (Wildman–Crippen MR) is 115 cm³/mol. The number of hydrogen-bond acceptors (Lipinski definition) is 7. The summed E-state index contributed by atoms with van der Waals surface area (Å²) in [7, 11) is 0. The van der Waals surface area contributed by atoms with Crippen molar-refractivity contribution in [1.29, 1.82) is 0 Å². The van der Waals surface area contributed by atoms with Crippen LogP contribution in [-0.2, 0) is 20.9 Å². The van der Waals surface area contributed by atoms with Gasteiger partial charge in [-0.3, -0.25) is 9.59 Å². The smallest absolute Gasteiger partial charge is 0.348 e. The number of amides is 1. The molecule has 4 rings (SSSR count).